The highest BCUT2D eigenvalue weighted by atomic mass is 32.2. The molecule has 96 valence electrons. The molecular formula is C11H18N2O3S. The normalized spacial score (nSPS) is 27.5. The van der Waals surface area contributed by atoms with Gasteiger partial charge >= 0.3 is 0 Å². The van der Waals surface area contributed by atoms with Gasteiger partial charge in [-0.15, -0.1) is 0 Å². The highest BCUT2D eigenvalue weighted by molar-refractivity contribution is 7.91. The molecule has 17 heavy (non-hydrogen) atoms. The van der Waals surface area contributed by atoms with Crippen molar-refractivity contribution in [3.63, 3.8) is 0 Å². The van der Waals surface area contributed by atoms with Crippen LogP contribution in [-0.2, 0) is 22.7 Å². The molecule has 1 aromatic heterocycles. The van der Waals surface area contributed by atoms with E-state index < -0.39 is 22.0 Å². The topological polar surface area (TPSA) is 72.2 Å². The summed E-state index contributed by atoms with van der Waals surface area (Å²) in [6.07, 6.45) is 0.765. The van der Waals surface area contributed by atoms with Gasteiger partial charge in [0.05, 0.1) is 29.3 Å². The zero-order chi connectivity index (χ0) is 12.6. The SMILES string of the molecule is CCc1cc(CC)n(C2CS(=O)(=O)CC2O)n1. The Morgan fingerprint density at radius 1 is 1.41 bits per heavy atom. The molecule has 6 heteroatoms. The average molecular weight is 258 g/mol. The molecule has 0 amide bonds. The number of hydrogen-bond donors (Lipinski definition) is 1. The fraction of sp³-hybridized carbons (Fsp3) is 0.727. The summed E-state index contributed by atoms with van der Waals surface area (Å²) in [6, 6.07) is 1.56. The molecule has 0 saturated carbocycles. The van der Waals surface area contributed by atoms with Crippen molar-refractivity contribution in [1.82, 2.24) is 9.78 Å². The van der Waals surface area contributed by atoms with Crippen molar-refractivity contribution in [1.29, 1.82) is 0 Å². The largest absolute Gasteiger partial charge is 0.390 e. The predicted octanol–water partition coefficient (Wildman–Crippen LogP) is 0.338. The Morgan fingerprint density at radius 3 is 2.59 bits per heavy atom. The monoisotopic (exact) mass is 258 g/mol. The fourth-order valence-corrected chi connectivity index (χ4v) is 4.02. The van der Waals surface area contributed by atoms with Gasteiger partial charge in [0, 0.05) is 5.69 Å². The van der Waals surface area contributed by atoms with Crippen LogP contribution in [0, 0.1) is 0 Å². The second-order valence-electron chi connectivity index (χ2n) is 4.49. The van der Waals surface area contributed by atoms with Crippen molar-refractivity contribution in [2.75, 3.05) is 11.5 Å². The number of aromatic nitrogens is 2. The molecule has 1 aromatic rings. The molecule has 0 aliphatic carbocycles. The Bertz CT molecular complexity index is 507. The van der Waals surface area contributed by atoms with Crippen LogP contribution >= 0.6 is 0 Å². The highest BCUT2D eigenvalue weighted by Gasteiger charge is 2.38. The Morgan fingerprint density at radius 2 is 2.12 bits per heavy atom. The molecule has 0 spiro atoms. The summed E-state index contributed by atoms with van der Waals surface area (Å²) in [5, 5.41) is 14.2. The third-order valence-electron chi connectivity index (χ3n) is 3.20. The maximum Gasteiger partial charge on any atom is 0.155 e. The lowest BCUT2D eigenvalue weighted by Gasteiger charge is -2.16. The van der Waals surface area contributed by atoms with E-state index >= 15 is 0 Å². The van der Waals surface area contributed by atoms with E-state index in [9.17, 15) is 13.5 Å². The third kappa shape index (κ3) is 2.37. The van der Waals surface area contributed by atoms with Crippen molar-refractivity contribution in [3.05, 3.63) is 17.5 Å². The first-order valence-corrected chi connectivity index (χ1v) is 7.74. The molecule has 2 atom stereocenters. The first-order valence-electron chi connectivity index (χ1n) is 5.92. The molecular weight excluding hydrogens is 240 g/mol. The summed E-state index contributed by atoms with van der Waals surface area (Å²) >= 11 is 0. The minimum atomic E-state index is -3.13. The lowest BCUT2D eigenvalue weighted by Crippen LogP contribution is -2.24. The van der Waals surface area contributed by atoms with E-state index in [0.717, 1.165) is 24.2 Å². The van der Waals surface area contributed by atoms with Crippen molar-refractivity contribution in [3.8, 4) is 0 Å². The molecule has 2 rings (SSSR count). The number of aryl methyl sites for hydroxylation is 2. The third-order valence-corrected chi connectivity index (χ3v) is 4.89. The van der Waals surface area contributed by atoms with E-state index in [1.165, 1.54) is 0 Å². The second-order valence-corrected chi connectivity index (χ2v) is 6.64. The molecule has 1 fully saturated rings. The Kier molecular flexibility index (Phi) is 3.27. The van der Waals surface area contributed by atoms with Crippen LogP contribution in [0.15, 0.2) is 6.07 Å². The Balaban J connectivity index is 2.37. The summed E-state index contributed by atoms with van der Waals surface area (Å²) in [5.74, 6) is -0.159. The number of aliphatic hydroxyl groups is 1. The molecule has 0 bridgehead atoms. The van der Waals surface area contributed by atoms with Crippen LogP contribution in [-0.4, -0.2) is 40.9 Å². The molecule has 0 aromatic carbocycles. The first kappa shape index (κ1) is 12.6. The molecule has 2 unspecified atom stereocenters. The van der Waals surface area contributed by atoms with Gasteiger partial charge in [0.2, 0.25) is 0 Å². The molecule has 0 radical (unpaired) electrons. The zero-order valence-electron chi connectivity index (χ0n) is 10.1. The second kappa shape index (κ2) is 4.42. The number of nitrogens with zero attached hydrogens (tertiary/aromatic N) is 2. The van der Waals surface area contributed by atoms with Crippen LogP contribution in [0.3, 0.4) is 0 Å². The molecule has 2 heterocycles. The summed E-state index contributed by atoms with van der Waals surface area (Å²) in [6.45, 7) is 4.01. The van der Waals surface area contributed by atoms with E-state index in [1.807, 2.05) is 19.9 Å². The van der Waals surface area contributed by atoms with Crippen LogP contribution in [0.25, 0.3) is 0 Å². The Labute approximate surface area is 101 Å². The minimum absolute atomic E-state index is 0.00794. The molecule has 5 nitrogen and oxygen atoms in total. The van der Waals surface area contributed by atoms with Gasteiger partial charge in [0.1, 0.15) is 0 Å². The molecule has 1 N–H and O–H groups in total. The zero-order valence-corrected chi connectivity index (χ0v) is 10.9. The van der Waals surface area contributed by atoms with Crippen LogP contribution in [0.4, 0.5) is 0 Å². The first-order chi connectivity index (χ1) is 7.96. The van der Waals surface area contributed by atoms with Crippen molar-refractivity contribution < 1.29 is 13.5 Å². The van der Waals surface area contributed by atoms with Gasteiger partial charge in [-0.25, -0.2) is 8.42 Å². The summed E-state index contributed by atoms with van der Waals surface area (Å²) in [7, 11) is -3.13. The van der Waals surface area contributed by atoms with Gasteiger partial charge in [-0.1, -0.05) is 13.8 Å². The van der Waals surface area contributed by atoms with E-state index in [2.05, 4.69) is 5.10 Å². The summed E-state index contributed by atoms with van der Waals surface area (Å²) < 4.78 is 24.7. The van der Waals surface area contributed by atoms with Crippen molar-refractivity contribution in [2.24, 2.45) is 0 Å². The quantitative estimate of drug-likeness (QED) is 0.848. The van der Waals surface area contributed by atoms with Crippen molar-refractivity contribution >= 4 is 9.84 Å². The molecule has 1 aliphatic heterocycles. The van der Waals surface area contributed by atoms with Gasteiger partial charge < -0.3 is 5.11 Å². The lowest BCUT2D eigenvalue weighted by molar-refractivity contribution is 0.144. The lowest BCUT2D eigenvalue weighted by atomic mass is 10.2. The van der Waals surface area contributed by atoms with Gasteiger partial charge in [0.15, 0.2) is 9.84 Å². The number of rotatable bonds is 3. The standard InChI is InChI=1S/C11H18N2O3S/c1-3-8-5-9(4-2)13(12-8)10-6-17(15,16)7-11(10)14/h5,10-11,14H,3-4,6-7H2,1-2H3. The van der Waals surface area contributed by atoms with Crippen LogP contribution in [0.5, 0.6) is 0 Å². The minimum Gasteiger partial charge on any atom is -0.390 e. The van der Waals surface area contributed by atoms with Crippen LogP contribution < -0.4 is 0 Å². The Hall–Kier alpha value is -0.880. The van der Waals surface area contributed by atoms with Crippen molar-refractivity contribution in [2.45, 2.75) is 38.8 Å². The predicted molar refractivity (Wildman–Crippen MR) is 64.7 cm³/mol. The summed E-state index contributed by atoms with van der Waals surface area (Å²) in [5.41, 5.74) is 1.93. The van der Waals surface area contributed by atoms with Crippen LogP contribution in [0.1, 0.15) is 31.3 Å². The maximum absolute atomic E-state index is 11.5. The van der Waals surface area contributed by atoms with Gasteiger partial charge in [0.25, 0.3) is 0 Å². The van der Waals surface area contributed by atoms with Crippen LogP contribution in [0.2, 0.25) is 0 Å². The number of sulfone groups is 1. The smallest absolute Gasteiger partial charge is 0.155 e. The van der Waals surface area contributed by atoms with E-state index in [0.29, 0.717) is 0 Å². The fourth-order valence-electron chi connectivity index (χ4n) is 2.26. The van der Waals surface area contributed by atoms with Gasteiger partial charge in [-0.2, -0.15) is 5.10 Å². The van der Waals surface area contributed by atoms with E-state index in [-0.39, 0.29) is 11.5 Å². The number of hydrogen-bond acceptors (Lipinski definition) is 4. The number of aliphatic hydroxyl groups excluding tert-OH is 1. The molecule has 1 saturated heterocycles. The van der Waals surface area contributed by atoms with E-state index in [1.54, 1.807) is 4.68 Å². The summed E-state index contributed by atoms with van der Waals surface area (Å²) in [4.78, 5) is 0. The van der Waals surface area contributed by atoms with Gasteiger partial charge in [-0.3, -0.25) is 4.68 Å². The highest BCUT2D eigenvalue weighted by Crippen LogP contribution is 2.25. The maximum atomic E-state index is 11.5. The molecule has 1 aliphatic rings. The van der Waals surface area contributed by atoms with E-state index in [4.69, 9.17) is 0 Å². The van der Waals surface area contributed by atoms with Gasteiger partial charge in [-0.05, 0) is 18.9 Å². The average Bonchev–Trinajstić information content (AvgIpc) is 2.78.